The van der Waals surface area contributed by atoms with E-state index < -0.39 is 33.9 Å². The fourth-order valence-corrected chi connectivity index (χ4v) is 8.68. The van der Waals surface area contributed by atoms with E-state index in [2.05, 4.69) is 9.72 Å². The van der Waals surface area contributed by atoms with Crippen LogP contribution in [0.2, 0.25) is 10.0 Å². The minimum absolute atomic E-state index is 0.0531. The van der Waals surface area contributed by atoms with Gasteiger partial charge in [0.1, 0.15) is 0 Å². The smallest absolute Gasteiger partial charge is 0.387 e. The van der Waals surface area contributed by atoms with Crippen molar-refractivity contribution in [3.63, 3.8) is 0 Å². The van der Waals surface area contributed by atoms with E-state index in [9.17, 15) is 26.8 Å². The van der Waals surface area contributed by atoms with E-state index in [-0.39, 0.29) is 57.5 Å². The number of nitrogens with zero attached hydrogens (tertiary/aromatic N) is 3. The predicted octanol–water partition coefficient (Wildman–Crippen LogP) is 6.11. The van der Waals surface area contributed by atoms with Crippen molar-refractivity contribution < 1.29 is 41.0 Å². The van der Waals surface area contributed by atoms with Crippen LogP contribution in [0.5, 0.6) is 11.5 Å². The van der Waals surface area contributed by atoms with Crippen LogP contribution in [-0.2, 0) is 26.0 Å². The molecule has 0 bridgehead atoms. The Morgan fingerprint density at radius 2 is 1.81 bits per heavy atom. The predicted molar refractivity (Wildman–Crippen MR) is 178 cm³/mol. The molecule has 5 rings (SSSR count). The Morgan fingerprint density at radius 3 is 2.48 bits per heavy atom. The van der Waals surface area contributed by atoms with Crippen molar-refractivity contribution in [2.75, 3.05) is 39.6 Å². The van der Waals surface area contributed by atoms with Crippen molar-refractivity contribution in [3.05, 3.63) is 81.6 Å². The molecule has 0 radical (unpaired) electrons. The second kappa shape index (κ2) is 15.6. The standard InChI is InChI=1S/C32H33Cl2F2N3O7S2/c1-38(2)29(40)21-4-3-5-23(12-21)48(42,43)39-10-11-47-30(39)31(41)45-18-22(13-24-25(33)15-37-16-26(24)34)20-8-9-27(46-32(35)36)28(14-20)44-17-19-6-7-19/h3-5,8-9,12,14-16,19,22,30,32H,6-7,10-11,13,17-18H2,1-2H3/t22-,30+/m1/s1. The molecule has 10 nitrogen and oxygen atoms in total. The Kier molecular flexibility index (Phi) is 11.7. The Bertz CT molecular complexity index is 1740. The molecule has 1 aliphatic carbocycles. The van der Waals surface area contributed by atoms with E-state index >= 15 is 0 Å². The Morgan fingerprint density at radius 1 is 1.08 bits per heavy atom. The number of thioether (sulfide) groups is 1. The number of carbonyl (C=O) groups is 2. The zero-order chi connectivity index (χ0) is 34.6. The van der Waals surface area contributed by atoms with E-state index in [0.29, 0.717) is 29.4 Å². The molecule has 1 saturated carbocycles. The van der Waals surface area contributed by atoms with E-state index in [1.807, 2.05) is 0 Å². The summed E-state index contributed by atoms with van der Waals surface area (Å²) >= 11 is 14.0. The number of hydrogen-bond acceptors (Lipinski definition) is 9. The topological polar surface area (TPSA) is 115 Å². The van der Waals surface area contributed by atoms with Gasteiger partial charge in [0.15, 0.2) is 16.9 Å². The highest BCUT2D eigenvalue weighted by molar-refractivity contribution is 8.02. The SMILES string of the molecule is CN(C)C(=O)c1cccc(S(=O)(=O)N2CCS[C@H]2C(=O)OC[C@@H](Cc2c(Cl)cncc2Cl)c2ccc(OC(F)F)c(OCC3CC3)c2)c1. The van der Waals surface area contributed by atoms with Crippen molar-refractivity contribution in [1.82, 2.24) is 14.2 Å². The van der Waals surface area contributed by atoms with Crippen LogP contribution >= 0.6 is 35.0 Å². The lowest BCUT2D eigenvalue weighted by Crippen LogP contribution is -2.40. The first-order valence-electron chi connectivity index (χ1n) is 15.0. The molecule has 2 aromatic carbocycles. The van der Waals surface area contributed by atoms with Crippen molar-refractivity contribution in [2.24, 2.45) is 5.92 Å². The molecule has 2 atom stereocenters. The molecule has 1 amide bonds. The Hall–Kier alpha value is -3.17. The lowest BCUT2D eigenvalue weighted by atomic mass is 9.92. The number of amides is 1. The van der Waals surface area contributed by atoms with E-state index in [1.54, 1.807) is 26.2 Å². The first-order chi connectivity index (χ1) is 22.8. The summed E-state index contributed by atoms with van der Waals surface area (Å²) in [6.07, 6.45) is 4.97. The number of aromatic nitrogens is 1. The zero-order valence-electron chi connectivity index (χ0n) is 26.0. The van der Waals surface area contributed by atoms with Gasteiger partial charge in [0.2, 0.25) is 10.0 Å². The third-order valence-corrected chi connectivity index (χ3v) is 11.6. The molecule has 3 aromatic rings. The van der Waals surface area contributed by atoms with Crippen LogP contribution < -0.4 is 9.47 Å². The highest BCUT2D eigenvalue weighted by Crippen LogP contribution is 2.38. The lowest BCUT2D eigenvalue weighted by molar-refractivity contribution is -0.145. The van der Waals surface area contributed by atoms with Gasteiger partial charge in [-0.2, -0.15) is 13.1 Å². The summed E-state index contributed by atoms with van der Waals surface area (Å²) < 4.78 is 71.1. The highest BCUT2D eigenvalue weighted by Gasteiger charge is 2.41. The van der Waals surface area contributed by atoms with Crippen LogP contribution in [0.1, 0.15) is 40.2 Å². The van der Waals surface area contributed by atoms with Gasteiger partial charge in [0.25, 0.3) is 5.91 Å². The van der Waals surface area contributed by atoms with E-state index in [4.69, 9.17) is 32.7 Å². The number of alkyl halides is 2. The molecule has 0 unspecified atom stereocenters. The molecule has 0 N–H and O–H groups in total. The molecule has 1 aliphatic heterocycles. The summed E-state index contributed by atoms with van der Waals surface area (Å²) in [5, 5.41) is -0.628. The van der Waals surface area contributed by atoms with Gasteiger partial charge in [0.05, 0.1) is 28.2 Å². The summed E-state index contributed by atoms with van der Waals surface area (Å²) in [4.78, 5) is 31.2. The van der Waals surface area contributed by atoms with Gasteiger partial charge in [-0.05, 0) is 66.6 Å². The van der Waals surface area contributed by atoms with Crippen LogP contribution in [0.15, 0.2) is 59.8 Å². The molecular formula is C32H33Cl2F2N3O7S2. The average molecular weight is 745 g/mol. The van der Waals surface area contributed by atoms with Crippen LogP contribution in [0, 0.1) is 5.92 Å². The van der Waals surface area contributed by atoms with E-state index in [0.717, 1.165) is 28.9 Å². The maximum absolute atomic E-state index is 13.7. The molecule has 258 valence electrons. The van der Waals surface area contributed by atoms with Gasteiger partial charge in [-0.1, -0.05) is 35.3 Å². The fraction of sp³-hybridized carbons (Fsp3) is 0.406. The number of ether oxygens (including phenoxy) is 3. The number of hydrogen-bond donors (Lipinski definition) is 0. The second-order valence-electron chi connectivity index (χ2n) is 11.5. The highest BCUT2D eigenvalue weighted by atomic mass is 35.5. The summed E-state index contributed by atoms with van der Waals surface area (Å²) in [7, 11) is -1.07. The summed E-state index contributed by atoms with van der Waals surface area (Å²) in [6.45, 7) is -2.91. The van der Waals surface area contributed by atoms with Crippen LogP contribution in [-0.4, -0.2) is 86.1 Å². The van der Waals surface area contributed by atoms with Crippen LogP contribution in [0.4, 0.5) is 8.78 Å². The second-order valence-corrected chi connectivity index (χ2v) is 15.4. The van der Waals surface area contributed by atoms with Crippen molar-refractivity contribution in [1.29, 1.82) is 0 Å². The van der Waals surface area contributed by atoms with Gasteiger partial charge in [0, 0.05) is 50.3 Å². The quantitative estimate of drug-likeness (QED) is 0.180. The summed E-state index contributed by atoms with van der Waals surface area (Å²) in [5.41, 5.74) is 1.27. The van der Waals surface area contributed by atoms with Crippen LogP contribution in [0.25, 0.3) is 0 Å². The number of halogens is 4. The largest absolute Gasteiger partial charge is 0.489 e. The molecule has 0 spiro atoms. The average Bonchev–Trinajstić information content (AvgIpc) is 3.74. The minimum atomic E-state index is -4.19. The summed E-state index contributed by atoms with van der Waals surface area (Å²) in [5.74, 6) is -1.12. The minimum Gasteiger partial charge on any atom is -0.489 e. The number of esters is 1. The number of pyridine rings is 1. The Labute approximate surface area is 291 Å². The van der Waals surface area contributed by atoms with Crippen molar-refractivity contribution in [3.8, 4) is 11.5 Å². The summed E-state index contributed by atoms with van der Waals surface area (Å²) in [6, 6.07) is 10.1. The first kappa shape index (κ1) is 36.1. The third kappa shape index (κ3) is 8.70. The van der Waals surface area contributed by atoms with Gasteiger partial charge in [-0.3, -0.25) is 9.78 Å². The normalized spacial score (nSPS) is 17.3. The maximum Gasteiger partial charge on any atom is 0.387 e. The number of rotatable bonds is 14. The molecule has 48 heavy (non-hydrogen) atoms. The van der Waals surface area contributed by atoms with Gasteiger partial charge >= 0.3 is 12.6 Å². The lowest BCUT2D eigenvalue weighted by Gasteiger charge is -2.24. The number of benzene rings is 2. The van der Waals surface area contributed by atoms with Gasteiger partial charge in [-0.15, -0.1) is 11.8 Å². The fourth-order valence-electron chi connectivity index (χ4n) is 5.05. The monoisotopic (exact) mass is 743 g/mol. The van der Waals surface area contributed by atoms with E-state index in [1.165, 1.54) is 47.6 Å². The Balaban J connectivity index is 1.39. The molecule has 16 heteroatoms. The van der Waals surface area contributed by atoms with Gasteiger partial charge < -0.3 is 19.1 Å². The van der Waals surface area contributed by atoms with Gasteiger partial charge in [-0.25, -0.2) is 13.2 Å². The molecular weight excluding hydrogens is 711 g/mol. The number of sulfonamides is 1. The molecule has 2 aliphatic rings. The van der Waals surface area contributed by atoms with Crippen molar-refractivity contribution in [2.45, 2.75) is 42.1 Å². The number of carbonyl (C=O) groups excluding carboxylic acids is 2. The molecule has 1 aromatic heterocycles. The first-order valence-corrected chi connectivity index (χ1v) is 18.2. The van der Waals surface area contributed by atoms with Crippen molar-refractivity contribution >= 4 is 56.9 Å². The van der Waals surface area contributed by atoms with Crippen LogP contribution in [0.3, 0.4) is 0 Å². The zero-order valence-corrected chi connectivity index (χ0v) is 29.1. The third-order valence-electron chi connectivity index (χ3n) is 7.80. The molecule has 2 heterocycles. The molecule has 2 fully saturated rings. The molecule has 1 saturated heterocycles. The maximum atomic E-state index is 13.7.